The molecule has 1 aliphatic heterocycles. The maximum atomic E-state index is 12.4. The maximum Gasteiger partial charge on any atom is 0.293 e. The zero-order valence-corrected chi connectivity index (χ0v) is 14.2. The third-order valence-corrected chi connectivity index (χ3v) is 4.65. The van der Waals surface area contributed by atoms with E-state index in [1.54, 1.807) is 12.3 Å². The summed E-state index contributed by atoms with van der Waals surface area (Å²) in [5, 5.41) is 26.6. The SMILES string of the molecule is O=c1c(O)c(CNC2CCCCNC2O)ccn1Cc1ccccc1. The molecule has 1 aliphatic rings. The second-order valence-corrected chi connectivity index (χ2v) is 6.49. The van der Waals surface area contributed by atoms with Gasteiger partial charge in [0.25, 0.3) is 5.56 Å². The summed E-state index contributed by atoms with van der Waals surface area (Å²) in [4.78, 5) is 12.4. The van der Waals surface area contributed by atoms with Crippen LogP contribution in [-0.4, -0.2) is 33.6 Å². The summed E-state index contributed by atoms with van der Waals surface area (Å²) in [5.74, 6) is -0.234. The molecule has 0 spiro atoms. The van der Waals surface area contributed by atoms with E-state index in [4.69, 9.17) is 0 Å². The topological polar surface area (TPSA) is 86.5 Å². The number of benzene rings is 1. The van der Waals surface area contributed by atoms with Crippen LogP contribution in [0, 0.1) is 0 Å². The summed E-state index contributed by atoms with van der Waals surface area (Å²) < 4.78 is 1.50. The van der Waals surface area contributed by atoms with Gasteiger partial charge in [0, 0.05) is 24.3 Å². The number of hydrogen-bond donors (Lipinski definition) is 4. The Morgan fingerprint density at radius 3 is 2.80 bits per heavy atom. The Morgan fingerprint density at radius 1 is 1.20 bits per heavy atom. The predicted molar refractivity (Wildman–Crippen MR) is 96.4 cm³/mol. The van der Waals surface area contributed by atoms with E-state index < -0.39 is 11.8 Å². The molecule has 1 fully saturated rings. The molecule has 6 heteroatoms. The van der Waals surface area contributed by atoms with Gasteiger partial charge in [-0.05, 0) is 31.0 Å². The van der Waals surface area contributed by atoms with Crippen LogP contribution in [0.1, 0.15) is 30.4 Å². The molecular formula is C19H25N3O3. The first-order valence-corrected chi connectivity index (χ1v) is 8.75. The van der Waals surface area contributed by atoms with E-state index in [-0.39, 0.29) is 11.8 Å². The van der Waals surface area contributed by atoms with Gasteiger partial charge in [-0.25, -0.2) is 0 Å². The van der Waals surface area contributed by atoms with Gasteiger partial charge in [0.15, 0.2) is 5.75 Å². The van der Waals surface area contributed by atoms with Gasteiger partial charge in [-0.2, -0.15) is 0 Å². The van der Waals surface area contributed by atoms with E-state index in [0.717, 1.165) is 31.4 Å². The fourth-order valence-electron chi connectivity index (χ4n) is 3.14. The van der Waals surface area contributed by atoms with Crippen molar-refractivity contribution in [2.24, 2.45) is 0 Å². The second-order valence-electron chi connectivity index (χ2n) is 6.49. The fraction of sp³-hybridized carbons (Fsp3) is 0.421. The number of aromatic nitrogens is 1. The summed E-state index contributed by atoms with van der Waals surface area (Å²) in [7, 11) is 0. The van der Waals surface area contributed by atoms with Gasteiger partial charge in [-0.15, -0.1) is 0 Å². The smallest absolute Gasteiger partial charge is 0.293 e. The van der Waals surface area contributed by atoms with E-state index in [2.05, 4.69) is 10.6 Å². The molecule has 2 atom stereocenters. The van der Waals surface area contributed by atoms with Crippen LogP contribution in [-0.2, 0) is 13.1 Å². The first-order chi connectivity index (χ1) is 12.1. The highest BCUT2D eigenvalue weighted by molar-refractivity contribution is 5.29. The van der Waals surface area contributed by atoms with Crippen molar-refractivity contribution >= 4 is 0 Å². The molecule has 4 N–H and O–H groups in total. The number of aromatic hydroxyl groups is 1. The third kappa shape index (κ3) is 4.48. The van der Waals surface area contributed by atoms with Gasteiger partial charge in [-0.3, -0.25) is 10.1 Å². The Hall–Kier alpha value is -2.15. The quantitative estimate of drug-likeness (QED) is 0.654. The lowest BCUT2D eigenvalue weighted by Gasteiger charge is -2.22. The molecule has 2 aromatic rings. The average Bonchev–Trinajstić information content (AvgIpc) is 2.83. The number of nitrogens with zero attached hydrogens (tertiary/aromatic N) is 1. The van der Waals surface area contributed by atoms with E-state index >= 15 is 0 Å². The molecule has 2 heterocycles. The largest absolute Gasteiger partial charge is 0.503 e. The number of nitrogens with one attached hydrogen (secondary N) is 2. The summed E-state index contributed by atoms with van der Waals surface area (Å²) in [6, 6.07) is 11.3. The van der Waals surface area contributed by atoms with Crippen LogP contribution in [0.15, 0.2) is 47.4 Å². The molecule has 0 saturated carbocycles. The van der Waals surface area contributed by atoms with Gasteiger partial charge in [0.05, 0.1) is 6.54 Å². The molecule has 0 amide bonds. The lowest BCUT2D eigenvalue weighted by atomic mass is 10.1. The highest BCUT2D eigenvalue weighted by atomic mass is 16.3. The van der Waals surface area contributed by atoms with E-state index in [1.807, 2.05) is 30.3 Å². The minimum atomic E-state index is -0.608. The Balaban J connectivity index is 1.68. The van der Waals surface area contributed by atoms with Crippen LogP contribution in [0.2, 0.25) is 0 Å². The van der Waals surface area contributed by atoms with Crippen molar-refractivity contribution in [3.8, 4) is 5.75 Å². The minimum absolute atomic E-state index is 0.0892. The molecule has 134 valence electrons. The monoisotopic (exact) mass is 343 g/mol. The van der Waals surface area contributed by atoms with Crippen molar-refractivity contribution in [1.82, 2.24) is 15.2 Å². The standard InChI is InChI=1S/C19H25N3O3/c23-17-15(12-21-16-8-4-5-10-20-18(16)24)9-11-22(19(17)25)13-14-6-2-1-3-7-14/h1-3,6-7,9,11,16,18,20-21,23-24H,4-5,8,10,12-13H2. The van der Waals surface area contributed by atoms with Crippen molar-refractivity contribution < 1.29 is 10.2 Å². The van der Waals surface area contributed by atoms with Gasteiger partial charge in [0.1, 0.15) is 6.23 Å². The molecule has 0 aliphatic carbocycles. The third-order valence-electron chi connectivity index (χ3n) is 4.65. The van der Waals surface area contributed by atoms with Gasteiger partial charge in [-0.1, -0.05) is 36.8 Å². The van der Waals surface area contributed by atoms with E-state index in [9.17, 15) is 15.0 Å². The van der Waals surface area contributed by atoms with Crippen LogP contribution < -0.4 is 16.2 Å². The summed E-state index contributed by atoms with van der Waals surface area (Å²) in [5.41, 5.74) is 1.15. The van der Waals surface area contributed by atoms with Crippen molar-refractivity contribution in [2.45, 2.75) is 44.6 Å². The molecule has 2 unspecified atom stereocenters. The number of pyridine rings is 1. The fourth-order valence-corrected chi connectivity index (χ4v) is 3.14. The zero-order valence-electron chi connectivity index (χ0n) is 14.2. The van der Waals surface area contributed by atoms with E-state index in [0.29, 0.717) is 18.7 Å². The Labute approximate surface area is 147 Å². The lowest BCUT2D eigenvalue weighted by Crippen LogP contribution is -2.46. The zero-order chi connectivity index (χ0) is 17.6. The molecule has 1 aromatic heterocycles. The number of aliphatic hydroxyl groups excluding tert-OH is 1. The average molecular weight is 343 g/mol. The Morgan fingerprint density at radius 2 is 2.00 bits per heavy atom. The molecule has 6 nitrogen and oxygen atoms in total. The van der Waals surface area contributed by atoms with Crippen LogP contribution >= 0.6 is 0 Å². The number of rotatable bonds is 5. The number of aliphatic hydroxyl groups is 1. The van der Waals surface area contributed by atoms with Crippen LogP contribution in [0.3, 0.4) is 0 Å². The molecule has 0 radical (unpaired) electrons. The minimum Gasteiger partial charge on any atom is -0.503 e. The Kier molecular flexibility index (Phi) is 5.86. The molecule has 25 heavy (non-hydrogen) atoms. The van der Waals surface area contributed by atoms with Gasteiger partial charge >= 0.3 is 0 Å². The second kappa shape index (κ2) is 8.29. The highest BCUT2D eigenvalue weighted by Crippen LogP contribution is 2.14. The van der Waals surface area contributed by atoms with Crippen LogP contribution in [0.4, 0.5) is 0 Å². The van der Waals surface area contributed by atoms with Crippen LogP contribution in [0.5, 0.6) is 5.75 Å². The maximum absolute atomic E-state index is 12.4. The highest BCUT2D eigenvalue weighted by Gasteiger charge is 2.21. The molecular weight excluding hydrogens is 318 g/mol. The summed E-state index contributed by atoms with van der Waals surface area (Å²) in [6.07, 6.45) is 4.03. The van der Waals surface area contributed by atoms with Crippen molar-refractivity contribution in [1.29, 1.82) is 0 Å². The van der Waals surface area contributed by atoms with Crippen molar-refractivity contribution in [3.05, 3.63) is 64.1 Å². The predicted octanol–water partition coefficient (Wildman–Crippen LogP) is 1.15. The van der Waals surface area contributed by atoms with Crippen molar-refractivity contribution in [2.75, 3.05) is 6.54 Å². The summed E-state index contributed by atoms with van der Waals surface area (Å²) in [6.45, 7) is 1.57. The molecule has 0 bridgehead atoms. The van der Waals surface area contributed by atoms with Gasteiger partial charge in [0.2, 0.25) is 0 Å². The summed E-state index contributed by atoms with van der Waals surface area (Å²) >= 11 is 0. The van der Waals surface area contributed by atoms with E-state index in [1.165, 1.54) is 4.57 Å². The normalized spacial score (nSPS) is 21.0. The lowest BCUT2D eigenvalue weighted by molar-refractivity contribution is 0.0976. The first kappa shape index (κ1) is 17.7. The van der Waals surface area contributed by atoms with Crippen molar-refractivity contribution in [3.63, 3.8) is 0 Å². The molecule has 3 rings (SSSR count). The van der Waals surface area contributed by atoms with Gasteiger partial charge < -0.3 is 20.1 Å². The molecule has 1 aromatic carbocycles. The number of hydrogen-bond acceptors (Lipinski definition) is 5. The first-order valence-electron chi connectivity index (χ1n) is 8.75. The van der Waals surface area contributed by atoms with Crippen LogP contribution in [0.25, 0.3) is 0 Å². The Bertz CT molecular complexity index is 745. The molecule has 1 saturated heterocycles.